The topological polar surface area (TPSA) is 67.2 Å². The Balaban J connectivity index is 2.14. The van der Waals surface area contributed by atoms with Gasteiger partial charge in [0.15, 0.2) is 5.82 Å². The Bertz CT molecular complexity index is 470. The molecule has 1 aromatic heterocycles. The minimum atomic E-state index is -0.0696. The predicted molar refractivity (Wildman–Crippen MR) is 75.2 cm³/mol. The van der Waals surface area contributed by atoms with Crippen LogP contribution in [0.1, 0.15) is 33.1 Å². The first-order valence-electron chi connectivity index (χ1n) is 7.04. The van der Waals surface area contributed by atoms with E-state index in [0.717, 1.165) is 19.3 Å². The van der Waals surface area contributed by atoms with Gasteiger partial charge in [-0.1, -0.05) is 20.3 Å². The van der Waals surface area contributed by atoms with Gasteiger partial charge in [-0.25, -0.2) is 4.98 Å². The molecule has 2 atom stereocenters. The van der Waals surface area contributed by atoms with Crippen LogP contribution in [-0.2, 0) is 6.54 Å². The van der Waals surface area contributed by atoms with Gasteiger partial charge in [0, 0.05) is 37.5 Å². The van der Waals surface area contributed by atoms with E-state index in [9.17, 15) is 9.90 Å². The summed E-state index contributed by atoms with van der Waals surface area (Å²) in [6, 6.07) is 0.167. The Labute approximate surface area is 113 Å². The van der Waals surface area contributed by atoms with Gasteiger partial charge >= 0.3 is 0 Å². The fraction of sp³-hybridized carbons (Fsp3) is 0.714. The third-order valence-corrected chi connectivity index (χ3v) is 3.69. The van der Waals surface area contributed by atoms with Crippen LogP contribution < -0.4 is 10.9 Å². The van der Waals surface area contributed by atoms with E-state index in [4.69, 9.17) is 0 Å². The second kappa shape index (κ2) is 6.19. The molecule has 1 aliphatic carbocycles. The molecule has 2 unspecified atom stereocenters. The van der Waals surface area contributed by atoms with Gasteiger partial charge in [0.2, 0.25) is 0 Å². The van der Waals surface area contributed by atoms with Crippen LogP contribution in [0.2, 0.25) is 0 Å². The van der Waals surface area contributed by atoms with E-state index in [1.807, 2.05) is 0 Å². The number of hydrogen-bond acceptors (Lipinski definition) is 4. The zero-order valence-corrected chi connectivity index (χ0v) is 11.7. The van der Waals surface area contributed by atoms with Crippen LogP contribution in [-0.4, -0.2) is 27.3 Å². The van der Waals surface area contributed by atoms with Gasteiger partial charge in [0.25, 0.3) is 5.56 Å². The molecule has 0 spiro atoms. The van der Waals surface area contributed by atoms with Gasteiger partial charge in [-0.3, -0.25) is 4.79 Å². The molecular weight excluding hydrogens is 242 g/mol. The Morgan fingerprint density at radius 1 is 1.53 bits per heavy atom. The van der Waals surface area contributed by atoms with Gasteiger partial charge in [-0.05, 0) is 18.8 Å². The maximum absolute atomic E-state index is 12.3. The van der Waals surface area contributed by atoms with Crippen molar-refractivity contribution in [2.24, 2.45) is 11.8 Å². The molecule has 0 radical (unpaired) electrons. The average molecular weight is 265 g/mol. The van der Waals surface area contributed by atoms with Crippen LogP contribution in [0.15, 0.2) is 17.2 Å². The van der Waals surface area contributed by atoms with Gasteiger partial charge in [0.05, 0.1) is 0 Å². The van der Waals surface area contributed by atoms with Gasteiger partial charge < -0.3 is 15.0 Å². The maximum Gasteiger partial charge on any atom is 0.293 e. The first-order chi connectivity index (χ1) is 9.11. The van der Waals surface area contributed by atoms with E-state index in [1.165, 1.54) is 0 Å². The number of aliphatic hydroxyl groups is 1. The highest BCUT2D eigenvalue weighted by Crippen LogP contribution is 2.26. The van der Waals surface area contributed by atoms with Crippen molar-refractivity contribution in [3.63, 3.8) is 0 Å². The van der Waals surface area contributed by atoms with Crippen molar-refractivity contribution in [1.29, 1.82) is 0 Å². The highest BCUT2D eigenvalue weighted by atomic mass is 16.3. The molecule has 0 aromatic carbocycles. The largest absolute Gasteiger partial charge is 0.396 e. The van der Waals surface area contributed by atoms with Crippen LogP contribution in [0.4, 0.5) is 5.82 Å². The zero-order valence-electron chi connectivity index (χ0n) is 11.7. The molecule has 1 fully saturated rings. The first kappa shape index (κ1) is 14.1. The summed E-state index contributed by atoms with van der Waals surface area (Å²) in [7, 11) is 0. The highest BCUT2D eigenvalue weighted by Gasteiger charge is 2.27. The van der Waals surface area contributed by atoms with Crippen molar-refractivity contribution in [3.05, 3.63) is 22.7 Å². The lowest BCUT2D eigenvalue weighted by atomic mass is 10.1. The molecule has 5 nitrogen and oxygen atoms in total. The number of nitrogens with one attached hydrogen (secondary N) is 1. The quantitative estimate of drug-likeness (QED) is 0.846. The summed E-state index contributed by atoms with van der Waals surface area (Å²) >= 11 is 0. The molecule has 1 saturated carbocycles. The fourth-order valence-electron chi connectivity index (χ4n) is 2.70. The van der Waals surface area contributed by atoms with Gasteiger partial charge in [0.1, 0.15) is 0 Å². The van der Waals surface area contributed by atoms with E-state index in [0.29, 0.717) is 18.3 Å². The number of hydrogen-bond donors (Lipinski definition) is 2. The van der Waals surface area contributed by atoms with Crippen LogP contribution in [0.5, 0.6) is 0 Å². The molecule has 2 rings (SSSR count). The van der Waals surface area contributed by atoms with E-state index in [1.54, 1.807) is 17.0 Å². The van der Waals surface area contributed by atoms with E-state index >= 15 is 0 Å². The van der Waals surface area contributed by atoms with Gasteiger partial charge in [-0.15, -0.1) is 0 Å². The zero-order chi connectivity index (χ0) is 13.8. The molecule has 106 valence electrons. The molecule has 0 bridgehead atoms. The molecule has 0 saturated heterocycles. The van der Waals surface area contributed by atoms with Crippen LogP contribution in [0, 0.1) is 11.8 Å². The average Bonchev–Trinajstić information content (AvgIpc) is 2.81. The van der Waals surface area contributed by atoms with Crippen molar-refractivity contribution in [2.75, 3.05) is 11.9 Å². The SMILES string of the molecule is CC(C)Cn1ccnc(NC2CCCC2CO)c1=O. The number of aromatic nitrogens is 2. The first-order valence-corrected chi connectivity index (χ1v) is 7.04. The monoisotopic (exact) mass is 265 g/mol. The molecule has 19 heavy (non-hydrogen) atoms. The van der Waals surface area contributed by atoms with Crippen molar-refractivity contribution >= 4 is 5.82 Å². The molecule has 5 heteroatoms. The summed E-state index contributed by atoms with van der Waals surface area (Å²) in [6.07, 6.45) is 6.49. The number of nitrogens with zero attached hydrogens (tertiary/aromatic N) is 2. The Kier molecular flexibility index (Phi) is 4.58. The molecule has 1 aromatic rings. The van der Waals surface area contributed by atoms with Crippen molar-refractivity contribution in [2.45, 2.75) is 45.7 Å². The summed E-state index contributed by atoms with van der Waals surface area (Å²) in [5.41, 5.74) is -0.0696. The third kappa shape index (κ3) is 3.35. The highest BCUT2D eigenvalue weighted by molar-refractivity contribution is 5.33. The molecular formula is C14H23N3O2. The summed E-state index contributed by atoms with van der Waals surface area (Å²) in [4.78, 5) is 16.4. The second-order valence-corrected chi connectivity index (χ2v) is 5.75. The lowest BCUT2D eigenvalue weighted by molar-refractivity contribution is 0.222. The van der Waals surface area contributed by atoms with Crippen LogP contribution in [0.25, 0.3) is 0 Å². The standard InChI is InChI=1S/C14H23N3O2/c1-10(2)8-17-7-6-15-13(14(17)19)16-12-5-3-4-11(12)9-18/h6-7,10-12,18H,3-5,8-9H2,1-2H3,(H,15,16). The Hall–Kier alpha value is -1.36. The lowest BCUT2D eigenvalue weighted by Gasteiger charge is -2.19. The lowest BCUT2D eigenvalue weighted by Crippen LogP contribution is -2.32. The van der Waals surface area contributed by atoms with E-state index < -0.39 is 0 Å². The number of rotatable bonds is 5. The van der Waals surface area contributed by atoms with Crippen molar-refractivity contribution in [1.82, 2.24) is 9.55 Å². The summed E-state index contributed by atoms with van der Waals surface area (Å²) < 4.78 is 1.70. The van der Waals surface area contributed by atoms with Crippen LogP contribution in [0.3, 0.4) is 0 Å². The van der Waals surface area contributed by atoms with E-state index in [2.05, 4.69) is 24.1 Å². The predicted octanol–water partition coefficient (Wildman–Crippen LogP) is 1.47. The Morgan fingerprint density at radius 3 is 3.00 bits per heavy atom. The molecule has 1 aliphatic rings. The third-order valence-electron chi connectivity index (χ3n) is 3.69. The van der Waals surface area contributed by atoms with Crippen LogP contribution >= 0.6 is 0 Å². The normalized spacial score (nSPS) is 22.9. The minimum Gasteiger partial charge on any atom is -0.396 e. The number of aliphatic hydroxyl groups excluding tert-OH is 1. The summed E-state index contributed by atoms with van der Waals surface area (Å²) in [6.45, 7) is 5.03. The smallest absolute Gasteiger partial charge is 0.293 e. The second-order valence-electron chi connectivity index (χ2n) is 5.75. The molecule has 1 heterocycles. The molecule has 0 aliphatic heterocycles. The Morgan fingerprint density at radius 2 is 2.32 bits per heavy atom. The summed E-state index contributed by atoms with van der Waals surface area (Å²) in [5, 5.41) is 12.5. The van der Waals surface area contributed by atoms with Crippen molar-refractivity contribution < 1.29 is 5.11 Å². The maximum atomic E-state index is 12.3. The minimum absolute atomic E-state index is 0.0696. The molecule has 0 amide bonds. The van der Waals surface area contributed by atoms with E-state index in [-0.39, 0.29) is 24.1 Å². The summed E-state index contributed by atoms with van der Waals surface area (Å²) in [5.74, 6) is 1.07. The number of anilines is 1. The fourth-order valence-corrected chi connectivity index (χ4v) is 2.70. The molecule has 2 N–H and O–H groups in total. The van der Waals surface area contributed by atoms with Gasteiger partial charge in [-0.2, -0.15) is 0 Å². The van der Waals surface area contributed by atoms with Crippen molar-refractivity contribution in [3.8, 4) is 0 Å².